The molecule has 1 aliphatic heterocycles. The van der Waals surface area contributed by atoms with E-state index in [1.54, 1.807) is 0 Å². The van der Waals surface area contributed by atoms with Gasteiger partial charge in [0.15, 0.2) is 0 Å². The lowest BCUT2D eigenvalue weighted by atomic mass is 9.99. The second kappa shape index (κ2) is 4.24. The molecule has 0 amide bonds. The third-order valence-electron chi connectivity index (χ3n) is 3.17. The number of rotatable bonds is 3. The summed E-state index contributed by atoms with van der Waals surface area (Å²) < 4.78 is 0. The zero-order chi connectivity index (χ0) is 9.14. The minimum absolute atomic E-state index is 0.670. The van der Waals surface area contributed by atoms with Gasteiger partial charge in [-0.15, -0.1) is 0 Å². The second-order valence-electron chi connectivity index (χ2n) is 4.15. The Balaban J connectivity index is 2.49. The van der Waals surface area contributed by atoms with E-state index in [4.69, 9.17) is 0 Å². The predicted molar refractivity (Wildman–Crippen MR) is 53.3 cm³/mol. The molecule has 0 aromatic rings. The van der Waals surface area contributed by atoms with Crippen molar-refractivity contribution >= 4 is 0 Å². The Bertz CT molecular complexity index is 134. The number of hydrogen-bond donors (Lipinski definition) is 1. The SMILES string of the molecule is CCC1CNCC1N(C)C(C)C. The van der Waals surface area contributed by atoms with Crippen molar-refractivity contribution in [1.29, 1.82) is 0 Å². The van der Waals surface area contributed by atoms with Crippen LogP contribution in [0, 0.1) is 5.92 Å². The number of hydrogen-bond acceptors (Lipinski definition) is 2. The molecule has 0 radical (unpaired) electrons. The number of nitrogens with one attached hydrogen (secondary N) is 1. The summed E-state index contributed by atoms with van der Waals surface area (Å²) in [5.74, 6) is 0.859. The summed E-state index contributed by atoms with van der Waals surface area (Å²) in [6.45, 7) is 9.21. The quantitative estimate of drug-likeness (QED) is 0.687. The Morgan fingerprint density at radius 2 is 2.08 bits per heavy atom. The summed E-state index contributed by atoms with van der Waals surface area (Å²) in [7, 11) is 2.24. The monoisotopic (exact) mass is 170 g/mol. The Morgan fingerprint density at radius 3 is 2.58 bits per heavy atom. The van der Waals surface area contributed by atoms with Crippen molar-refractivity contribution in [2.24, 2.45) is 5.92 Å². The van der Waals surface area contributed by atoms with Gasteiger partial charge in [-0.2, -0.15) is 0 Å². The van der Waals surface area contributed by atoms with E-state index < -0.39 is 0 Å². The maximum Gasteiger partial charge on any atom is 0.0260 e. The third kappa shape index (κ3) is 1.99. The molecule has 1 aliphatic rings. The van der Waals surface area contributed by atoms with Gasteiger partial charge in [0.25, 0.3) is 0 Å². The van der Waals surface area contributed by atoms with Crippen molar-refractivity contribution < 1.29 is 0 Å². The first kappa shape index (κ1) is 10.0. The van der Waals surface area contributed by atoms with Gasteiger partial charge >= 0.3 is 0 Å². The number of nitrogens with zero attached hydrogens (tertiary/aromatic N) is 1. The van der Waals surface area contributed by atoms with Crippen molar-refractivity contribution in [3.8, 4) is 0 Å². The molecule has 2 unspecified atom stereocenters. The first-order valence-corrected chi connectivity index (χ1v) is 5.09. The van der Waals surface area contributed by atoms with E-state index >= 15 is 0 Å². The maximum atomic E-state index is 3.47. The van der Waals surface area contributed by atoms with Gasteiger partial charge in [-0.1, -0.05) is 13.3 Å². The van der Waals surface area contributed by atoms with Crippen molar-refractivity contribution in [2.45, 2.75) is 39.3 Å². The summed E-state index contributed by atoms with van der Waals surface area (Å²) in [6, 6.07) is 1.43. The highest BCUT2D eigenvalue weighted by atomic mass is 15.2. The zero-order valence-corrected chi connectivity index (χ0v) is 8.80. The Hall–Kier alpha value is -0.0800. The molecular weight excluding hydrogens is 148 g/mol. The summed E-state index contributed by atoms with van der Waals surface area (Å²) in [5, 5.41) is 3.47. The van der Waals surface area contributed by atoms with Crippen LogP contribution in [-0.2, 0) is 0 Å². The van der Waals surface area contributed by atoms with Gasteiger partial charge in [-0.05, 0) is 33.4 Å². The Labute approximate surface area is 76.3 Å². The van der Waals surface area contributed by atoms with E-state index in [0.717, 1.165) is 12.0 Å². The second-order valence-corrected chi connectivity index (χ2v) is 4.15. The highest BCUT2D eigenvalue weighted by molar-refractivity contribution is 4.87. The Morgan fingerprint density at radius 1 is 1.42 bits per heavy atom. The van der Waals surface area contributed by atoms with Crippen LogP contribution in [0.4, 0.5) is 0 Å². The molecule has 0 aliphatic carbocycles. The molecule has 2 heteroatoms. The van der Waals surface area contributed by atoms with Crippen LogP contribution in [0.25, 0.3) is 0 Å². The fraction of sp³-hybridized carbons (Fsp3) is 1.00. The lowest BCUT2D eigenvalue weighted by Crippen LogP contribution is -2.41. The van der Waals surface area contributed by atoms with E-state index in [0.29, 0.717) is 6.04 Å². The van der Waals surface area contributed by atoms with Gasteiger partial charge < -0.3 is 5.32 Å². The van der Waals surface area contributed by atoms with Gasteiger partial charge in [0.05, 0.1) is 0 Å². The van der Waals surface area contributed by atoms with Crippen LogP contribution in [0.15, 0.2) is 0 Å². The van der Waals surface area contributed by atoms with Crippen LogP contribution in [0.3, 0.4) is 0 Å². The van der Waals surface area contributed by atoms with Gasteiger partial charge in [0.1, 0.15) is 0 Å². The predicted octanol–water partition coefficient (Wildman–Crippen LogP) is 1.32. The molecule has 12 heavy (non-hydrogen) atoms. The summed E-state index contributed by atoms with van der Waals surface area (Å²) in [5.41, 5.74) is 0. The molecule has 0 aromatic carbocycles. The van der Waals surface area contributed by atoms with E-state index in [-0.39, 0.29) is 0 Å². The molecule has 2 atom stereocenters. The van der Waals surface area contributed by atoms with Crippen molar-refractivity contribution in [3.05, 3.63) is 0 Å². The van der Waals surface area contributed by atoms with Crippen molar-refractivity contribution in [1.82, 2.24) is 10.2 Å². The molecule has 0 bridgehead atoms. The largest absolute Gasteiger partial charge is 0.315 e. The summed E-state index contributed by atoms with van der Waals surface area (Å²) in [4.78, 5) is 2.49. The average molecular weight is 170 g/mol. The van der Waals surface area contributed by atoms with Gasteiger partial charge in [0.2, 0.25) is 0 Å². The lowest BCUT2D eigenvalue weighted by molar-refractivity contribution is 0.168. The normalized spacial score (nSPS) is 30.5. The van der Waals surface area contributed by atoms with Crippen LogP contribution in [-0.4, -0.2) is 37.1 Å². The zero-order valence-electron chi connectivity index (χ0n) is 8.80. The highest BCUT2D eigenvalue weighted by Crippen LogP contribution is 2.19. The van der Waals surface area contributed by atoms with E-state index in [1.165, 1.54) is 19.5 Å². The van der Waals surface area contributed by atoms with Crippen LogP contribution in [0.5, 0.6) is 0 Å². The molecule has 1 heterocycles. The molecule has 0 aromatic heterocycles. The van der Waals surface area contributed by atoms with E-state index in [1.807, 2.05) is 0 Å². The highest BCUT2D eigenvalue weighted by Gasteiger charge is 2.29. The first-order valence-electron chi connectivity index (χ1n) is 5.09. The lowest BCUT2D eigenvalue weighted by Gasteiger charge is -2.31. The topological polar surface area (TPSA) is 15.3 Å². The fourth-order valence-electron chi connectivity index (χ4n) is 2.00. The van der Waals surface area contributed by atoms with Crippen LogP contribution >= 0.6 is 0 Å². The summed E-state index contributed by atoms with van der Waals surface area (Å²) >= 11 is 0. The molecule has 72 valence electrons. The van der Waals surface area contributed by atoms with Crippen molar-refractivity contribution in [2.75, 3.05) is 20.1 Å². The van der Waals surface area contributed by atoms with Crippen LogP contribution in [0.1, 0.15) is 27.2 Å². The number of likely N-dealkylation sites (N-methyl/N-ethyl adjacent to an activating group) is 1. The molecule has 1 saturated heterocycles. The molecule has 0 saturated carbocycles. The van der Waals surface area contributed by atoms with Crippen molar-refractivity contribution in [3.63, 3.8) is 0 Å². The molecule has 1 fully saturated rings. The smallest absolute Gasteiger partial charge is 0.0260 e. The maximum absolute atomic E-state index is 3.47. The Kier molecular flexibility index (Phi) is 3.53. The molecule has 2 nitrogen and oxygen atoms in total. The molecule has 1 N–H and O–H groups in total. The minimum Gasteiger partial charge on any atom is -0.315 e. The average Bonchev–Trinajstić information content (AvgIpc) is 2.49. The van der Waals surface area contributed by atoms with Gasteiger partial charge in [-0.3, -0.25) is 4.90 Å². The van der Waals surface area contributed by atoms with Gasteiger partial charge in [-0.25, -0.2) is 0 Å². The molecule has 1 rings (SSSR count). The van der Waals surface area contributed by atoms with E-state index in [2.05, 4.69) is 38.0 Å². The summed E-state index contributed by atoms with van der Waals surface area (Å²) in [6.07, 6.45) is 1.30. The first-order chi connectivity index (χ1) is 5.66. The van der Waals surface area contributed by atoms with E-state index in [9.17, 15) is 0 Å². The third-order valence-corrected chi connectivity index (χ3v) is 3.17. The minimum atomic E-state index is 0.670. The van der Waals surface area contributed by atoms with Gasteiger partial charge in [0, 0.05) is 18.6 Å². The molecular formula is C10H22N2. The molecule has 0 spiro atoms. The van der Waals surface area contributed by atoms with Crippen LogP contribution in [0.2, 0.25) is 0 Å². The fourth-order valence-corrected chi connectivity index (χ4v) is 2.00. The standard InChI is InChI=1S/C10H22N2/c1-5-9-6-11-7-10(9)12(4)8(2)3/h8-11H,5-7H2,1-4H3. The van der Waals surface area contributed by atoms with Crippen LogP contribution < -0.4 is 5.32 Å².